The van der Waals surface area contributed by atoms with Crippen molar-refractivity contribution >= 4 is 0 Å². The third kappa shape index (κ3) is 2.10. The van der Waals surface area contributed by atoms with Crippen molar-refractivity contribution in [2.24, 2.45) is 0 Å². The van der Waals surface area contributed by atoms with Crippen LogP contribution in [0.2, 0.25) is 0 Å². The van der Waals surface area contributed by atoms with Crippen LogP contribution >= 0.6 is 0 Å². The van der Waals surface area contributed by atoms with Gasteiger partial charge in [-0.3, -0.25) is 0 Å². The maximum absolute atomic E-state index is 9.59. The summed E-state index contributed by atoms with van der Waals surface area (Å²) in [4.78, 5) is 4.37. The predicted molar refractivity (Wildman–Crippen MR) is 60.4 cm³/mol. The molecule has 17 heavy (non-hydrogen) atoms. The van der Waals surface area contributed by atoms with E-state index in [9.17, 15) is 5.11 Å². The molecule has 2 heterocycles. The lowest BCUT2D eigenvalue weighted by atomic mass is 10.3. The van der Waals surface area contributed by atoms with E-state index in [1.165, 1.54) is 0 Å². The molecule has 0 bridgehead atoms. The summed E-state index contributed by atoms with van der Waals surface area (Å²) >= 11 is 0. The molecular formula is C12H15N3O2. The molecule has 0 radical (unpaired) electrons. The number of hydrogen-bond donors (Lipinski definition) is 1. The molecule has 1 aliphatic rings. The lowest BCUT2D eigenvalue weighted by Gasteiger charge is -2.08. The average molecular weight is 233 g/mol. The highest BCUT2D eigenvalue weighted by molar-refractivity contribution is 5.11. The SMILES string of the molecule is CC(O)c1cccn1Cc1noc(C2CC2)n1. The molecule has 3 rings (SSSR count). The van der Waals surface area contributed by atoms with Crippen molar-refractivity contribution in [3.63, 3.8) is 0 Å². The van der Waals surface area contributed by atoms with Gasteiger partial charge >= 0.3 is 0 Å². The fourth-order valence-corrected chi connectivity index (χ4v) is 1.93. The Hall–Kier alpha value is -1.62. The number of nitrogens with zero attached hydrogens (tertiary/aromatic N) is 3. The highest BCUT2D eigenvalue weighted by Crippen LogP contribution is 2.38. The van der Waals surface area contributed by atoms with Crippen molar-refractivity contribution in [2.45, 2.75) is 38.3 Å². The fourth-order valence-electron chi connectivity index (χ4n) is 1.93. The zero-order chi connectivity index (χ0) is 11.8. The third-order valence-corrected chi connectivity index (χ3v) is 3.01. The molecule has 90 valence electrons. The Morgan fingerprint density at radius 1 is 1.59 bits per heavy atom. The molecule has 1 aliphatic carbocycles. The van der Waals surface area contributed by atoms with Gasteiger partial charge in [0.1, 0.15) is 0 Å². The first-order chi connectivity index (χ1) is 8.24. The smallest absolute Gasteiger partial charge is 0.229 e. The topological polar surface area (TPSA) is 64.1 Å². The van der Waals surface area contributed by atoms with E-state index in [2.05, 4.69) is 10.1 Å². The van der Waals surface area contributed by atoms with Crippen molar-refractivity contribution in [1.82, 2.24) is 14.7 Å². The van der Waals surface area contributed by atoms with Gasteiger partial charge in [0.05, 0.1) is 12.6 Å². The first kappa shape index (κ1) is 10.5. The molecule has 0 amide bonds. The van der Waals surface area contributed by atoms with E-state index in [0.717, 1.165) is 24.4 Å². The van der Waals surface area contributed by atoms with Crippen molar-refractivity contribution in [1.29, 1.82) is 0 Å². The molecule has 0 aromatic carbocycles. The number of aliphatic hydroxyl groups is 1. The van der Waals surface area contributed by atoms with Gasteiger partial charge in [-0.1, -0.05) is 5.16 Å². The Morgan fingerprint density at radius 2 is 2.41 bits per heavy atom. The molecule has 1 atom stereocenters. The van der Waals surface area contributed by atoms with Gasteiger partial charge < -0.3 is 14.2 Å². The zero-order valence-corrected chi connectivity index (χ0v) is 9.71. The van der Waals surface area contributed by atoms with E-state index in [0.29, 0.717) is 18.3 Å². The molecule has 5 heteroatoms. The van der Waals surface area contributed by atoms with Gasteiger partial charge in [-0.15, -0.1) is 0 Å². The normalized spacial score (nSPS) is 17.3. The lowest BCUT2D eigenvalue weighted by molar-refractivity contribution is 0.189. The summed E-state index contributed by atoms with van der Waals surface area (Å²) < 4.78 is 7.14. The molecule has 5 nitrogen and oxygen atoms in total. The Morgan fingerprint density at radius 3 is 3.12 bits per heavy atom. The molecule has 0 aliphatic heterocycles. The van der Waals surface area contributed by atoms with Gasteiger partial charge in [-0.2, -0.15) is 4.98 Å². The van der Waals surface area contributed by atoms with Crippen molar-refractivity contribution in [3.05, 3.63) is 35.7 Å². The third-order valence-electron chi connectivity index (χ3n) is 3.01. The van der Waals surface area contributed by atoms with Crippen LogP contribution in [0.4, 0.5) is 0 Å². The second-order valence-corrected chi connectivity index (χ2v) is 4.56. The van der Waals surface area contributed by atoms with E-state index >= 15 is 0 Å². The van der Waals surface area contributed by atoms with Crippen LogP contribution in [0.15, 0.2) is 22.9 Å². The first-order valence-corrected chi connectivity index (χ1v) is 5.89. The van der Waals surface area contributed by atoms with E-state index < -0.39 is 6.10 Å². The van der Waals surface area contributed by atoms with E-state index in [-0.39, 0.29) is 0 Å². The average Bonchev–Trinajstić information content (AvgIpc) is 2.87. The molecule has 1 N–H and O–H groups in total. The molecule has 2 aromatic heterocycles. The monoisotopic (exact) mass is 233 g/mol. The summed E-state index contributed by atoms with van der Waals surface area (Å²) in [5, 5.41) is 13.6. The molecule has 2 aromatic rings. The Bertz CT molecular complexity index is 511. The van der Waals surface area contributed by atoms with E-state index in [4.69, 9.17) is 4.52 Å². The van der Waals surface area contributed by atoms with Gasteiger partial charge in [0.15, 0.2) is 5.82 Å². The van der Waals surface area contributed by atoms with Crippen molar-refractivity contribution in [3.8, 4) is 0 Å². The van der Waals surface area contributed by atoms with Crippen molar-refractivity contribution in [2.75, 3.05) is 0 Å². The van der Waals surface area contributed by atoms with Crippen LogP contribution in [0, 0.1) is 0 Å². The van der Waals surface area contributed by atoms with E-state index in [1.54, 1.807) is 6.92 Å². The minimum Gasteiger partial charge on any atom is -0.387 e. The maximum atomic E-state index is 9.59. The standard InChI is InChI=1S/C12H15N3O2/c1-8(16)10-3-2-6-15(10)7-11-13-12(17-14-11)9-4-5-9/h2-3,6,8-9,16H,4-5,7H2,1H3. The first-order valence-electron chi connectivity index (χ1n) is 5.89. The molecule has 0 spiro atoms. The van der Waals surface area contributed by atoms with Gasteiger partial charge in [-0.25, -0.2) is 0 Å². The lowest BCUT2D eigenvalue weighted by Crippen LogP contribution is -2.06. The summed E-state index contributed by atoms with van der Waals surface area (Å²) in [7, 11) is 0. The maximum Gasteiger partial charge on any atom is 0.229 e. The van der Waals surface area contributed by atoms with Gasteiger partial charge in [0.25, 0.3) is 0 Å². The van der Waals surface area contributed by atoms with Gasteiger partial charge in [-0.05, 0) is 31.9 Å². The summed E-state index contributed by atoms with van der Waals surface area (Å²) in [6, 6.07) is 3.80. The number of aromatic nitrogens is 3. The van der Waals surface area contributed by atoms with Crippen LogP contribution in [-0.4, -0.2) is 19.8 Å². The summed E-state index contributed by atoms with van der Waals surface area (Å²) in [5.74, 6) is 1.91. The van der Waals surface area contributed by atoms with Crippen LogP contribution in [0.1, 0.15) is 49.2 Å². The minimum atomic E-state index is -0.486. The Labute approximate surface area is 99.1 Å². The molecule has 1 fully saturated rings. The van der Waals surface area contributed by atoms with Crippen LogP contribution in [0.3, 0.4) is 0 Å². The molecule has 1 unspecified atom stereocenters. The second-order valence-electron chi connectivity index (χ2n) is 4.56. The minimum absolute atomic E-state index is 0.483. The predicted octanol–water partition coefficient (Wildman–Crippen LogP) is 1.85. The van der Waals surface area contributed by atoms with Crippen LogP contribution in [0.5, 0.6) is 0 Å². The Balaban J connectivity index is 1.78. The Kier molecular flexibility index (Phi) is 2.48. The highest BCUT2D eigenvalue weighted by Gasteiger charge is 2.29. The number of rotatable bonds is 4. The fraction of sp³-hybridized carbons (Fsp3) is 0.500. The van der Waals surface area contributed by atoms with Crippen LogP contribution in [-0.2, 0) is 6.54 Å². The van der Waals surface area contributed by atoms with Crippen molar-refractivity contribution < 1.29 is 9.63 Å². The quantitative estimate of drug-likeness (QED) is 0.875. The van der Waals surface area contributed by atoms with Gasteiger partial charge in [0, 0.05) is 17.8 Å². The summed E-state index contributed by atoms with van der Waals surface area (Å²) in [5.41, 5.74) is 0.864. The highest BCUT2D eigenvalue weighted by atomic mass is 16.5. The number of hydrogen-bond acceptors (Lipinski definition) is 4. The second kappa shape index (κ2) is 4.00. The van der Waals surface area contributed by atoms with E-state index in [1.807, 2.05) is 22.9 Å². The zero-order valence-electron chi connectivity index (χ0n) is 9.71. The molecule has 1 saturated carbocycles. The van der Waals surface area contributed by atoms with Gasteiger partial charge in [0.2, 0.25) is 5.89 Å². The molecular weight excluding hydrogens is 218 g/mol. The van der Waals surface area contributed by atoms with Crippen LogP contribution in [0.25, 0.3) is 0 Å². The number of aliphatic hydroxyl groups excluding tert-OH is 1. The van der Waals surface area contributed by atoms with Crippen LogP contribution < -0.4 is 0 Å². The largest absolute Gasteiger partial charge is 0.387 e. The summed E-state index contributed by atoms with van der Waals surface area (Å²) in [6.07, 6.45) is 3.74. The summed E-state index contributed by atoms with van der Waals surface area (Å²) in [6.45, 7) is 2.29. The molecule has 0 saturated heterocycles.